The van der Waals surface area contributed by atoms with E-state index in [-0.39, 0.29) is 0 Å². The molecule has 1 atom stereocenters. The van der Waals surface area contributed by atoms with Crippen LogP contribution in [-0.2, 0) is 22.1 Å². The molecular weight excluding hydrogens is 379 g/mol. The van der Waals surface area contributed by atoms with Crippen LogP contribution < -0.4 is 5.32 Å². The van der Waals surface area contributed by atoms with Gasteiger partial charge in [0.25, 0.3) is 0 Å². The average molecular weight is 409 g/mol. The second kappa shape index (κ2) is 13.9. The van der Waals surface area contributed by atoms with Crippen molar-refractivity contribution >= 4 is 20.0 Å². The van der Waals surface area contributed by atoms with E-state index in [9.17, 15) is 4.57 Å². The smallest absolute Gasteiger partial charge is 0.316 e. The molecule has 7 heteroatoms. The highest BCUT2D eigenvalue weighted by Gasteiger charge is 1.99. The fourth-order valence-corrected chi connectivity index (χ4v) is 3.81. The van der Waals surface area contributed by atoms with Crippen molar-refractivity contribution in [1.82, 2.24) is 10.3 Å². The Morgan fingerprint density at radius 3 is 2.67 bits per heavy atom. The lowest BCUT2D eigenvalue weighted by molar-refractivity contribution is 0.276. The molecule has 0 aliphatic rings. The van der Waals surface area contributed by atoms with Gasteiger partial charge in [0.05, 0.1) is 12.3 Å². The Bertz CT molecular complexity index is 656. The van der Waals surface area contributed by atoms with Crippen molar-refractivity contribution in [3.8, 4) is 0 Å². The maximum atomic E-state index is 10.4. The molecule has 0 radical (unpaired) electrons. The molecule has 0 aliphatic heterocycles. The second-order valence-corrected chi connectivity index (χ2v) is 8.26. The third-order valence-electron chi connectivity index (χ3n) is 4.05. The van der Waals surface area contributed by atoms with Crippen LogP contribution in [0.1, 0.15) is 36.9 Å². The van der Waals surface area contributed by atoms with Crippen molar-refractivity contribution in [3.05, 3.63) is 59.9 Å². The molecule has 27 heavy (non-hydrogen) atoms. The topological polar surface area (TPSA) is 71.5 Å². The monoisotopic (exact) mass is 408 g/mol. The van der Waals surface area contributed by atoms with E-state index >= 15 is 0 Å². The van der Waals surface area contributed by atoms with Crippen molar-refractivity contribution in [2.75, 3.05) is 18.9 Å². The first-order valence-corrected chi connectivity index (χ1v) is 11.7. The zero-order valence-electron chi connectivity index (χ0n) is 15.6. The Morgan fingerprint density at radius 1 is 1.07 bits per heavy atom. The molecule has 1 unspecified atom stereocenters. The molecule has 0 saturated heterocycles. The van der Waals surface area contributed by atoms with Crippen molar-refractivity contribution in [2.24, 2.45) is 0 Å². The van der Waals surface area contributed by atoms with E-state index in [0.717, 1.165) is 18.0 Å². The fourth-order valence-electron chi connectivity index (χ4n) is 2.62. The van der Waals surface area contributed by atoms with Gasteiger partial charge in [-0.1, -0.05) is 36.8 Å². The van der Waals surface area contributed by atoms with Crippen molar-refractivity contribution in [2.45, 2.75) is 43.5 Å². The molecular formula is C20H29N2O3PS. The lowest BCUT2D eigenvalue weighted by Crippen LogP contribution is -2.16. The summed E-state index contributed by atoms with van der Waals surface area (Å²) in [6, 6.07) is 14.8. The van der Waals surface area contributed by atoms with Gasteiger partial charge in [0.1, 0.15) is 0 Å². The fraction of sp³-hybridized carbons (Fsp3) is 0.450. The minimum atomic E-state index is -2.80. The molecule has 1 aromatic heterocycles. The molecule has 0 spiro atoms. The van der Waals surface area contributed by atoms with E-state index in [1.807, 2.05) is 24.0 Å². The molecule has 0 fully saturated rings. The van der Waals surface area contributed by atoms with Gasteiger partial charge >= 0.3 is 8.25 Å². The summed E-state index contributed by atoms with van der Waals surface area (Å²) in [6.07, 6.45) is 7.53. The Hall–Kier alpha value is -1.17. The van der Waals surface area contributed by atoms with Gasteiger partial charge in [-0.3, -0.25) is 9.55 Å². The van der Waals surface area contributed by atoms with Crippen LogP contribution in [0.3, 0.4) is 0 Å². The zero-order chi connectivity index (χ0) is 19.2. The van der Waals surface area contributed by atoms with Crippen molar-refractivity contribution in [3.63, 3.8) is 0 Å². The molecule has 2 N–H and O–H groups in total. The number of aromatic nitrogens is 1. The summed E-state index contributed by atoms with van der Waals surface area (Å²) in [5, 5.41) is 3.25. The van der Waals surface area contributed by atoms with E-state index < -0.39 is 8.25 Å². The van der Waals surface area contributed by atoms with Crippen LogP contribution in [-0.4, -0.2) is 28.8 Å². The number of hydrogen-bond acceptors (Lipinski definition) is 5. The van der Waals surface area contributed by atoms with Crippen LogP contribution in [0.15, 0.2) is 53.6 Å². The molecule has 2 aromatic rings. The van der Waals surface area contributed by atoms with Crippen molar-refractivity contribution < 1.29 is 14.0 Å². The molecule has 0 amide bonds. The van der Waals surface area contributed by atoms with Gasteiger partial charge < -0.3 is 14.7 Å². The molecule has 1 aromatic carbocycles. The highest BCUT2D eigenvalue weighted by Crippen LogP contribution is 2.19. The number of benzene rings is 1. The van der Waals surface area contributed by atoms with Crippen LogP contribution in [0.4, 0.5) is 0 Å². The molecule has 0 saturated carbocycles. The Morgan fingerprint density at radius 2 is 1.93 bits per heavy atom. The highest BCUT2D eigenvalue weighted by molar-refractivity contribution is 7.99. The standard InChI is InChI=1S/C20H29N2O3PS/c23-26(24)25-14-7-13-21-16-19-11-12-20(17-22-19)27-15-6-2-5-10-18-8-3-1-4-9-18/h1,3-4,8-9,11-12,17,21,26H,2,5-7,10,13-16H2,(H,23,24). The summed E-state index contributed by atoms with van der Waals surface area (Å²) >= 11 is 1.86. The number of unbranched alkanes of at least 4 members (excludes halogenated alkanes) is 2. The van der Waals surface area contributed by atoms with E-state index in [0.29, 0.717) is 19.6 Å². The maximum absolute atomic E-state index is 10.4. The lowest BCUT2D eigenvalue weighted by Gasteiger charge is -2.06. The van der Waals surface area contributed by atoms with Gasteiger partial charge in [-0.15, -0.1) is 11.8 Å². The summed E-state index contributed by atoms with van der Waals surface area (Å²) < 4.78 is 15.0. The van der Waals surface area contributed by atoms with Gasteiger partial charge in [0.2, 0.25) is 0 Å². The van der Waals surface area contributed by atoms with E-state index in [1.54, 1.807) is 0 Å². The summed E-state index contributed by atoms with van der Waals surface area (Å²) in [5.41, 5.74) is 2.43. The van der Waals surface area contributed by atoms with E-state index in [4.69, 9.17) is 4.89 Å². The predicted molar refractivity (Wildman–Crippen MR) is 112 cm³/mol. The first-order chi connectivity index (χ1) is 13.2. The van der Waals surface area contributed by atoms with Crippen LogP contribution in [0.25, 0.3) is 0 Å². The lowest BCUT2D eigenvalue weighted by atomic mass is 10.1. The Balaban J connectivity index is 1.50. The number of thioether (sulfide) groups is 1. The molecule has 2 rings (SSSR count). The number of hydrogen-bond donors (Lipinski definition) is 2. The number of nitrogens with zero attached hydrogens (tertiary/aromatic N) is 1. The van der Waals surface area contributed by atoms with Gasteiger partial charge in [-0.25, -0.2) is 0 Å². The van der Waals surface area contributed by atoms with Gasteiger partial charge in [-0.2, -0.15) is 0 Å². The predicted octanol–water partition coefficient (Wildman–Crippen LogP) is 4.47. The number of pyridine rings is 1. The first-order valence-electron chi connectivity index (χ1n) is 9.42. The molecule has 1 heterocycles. The van der Waals surface area contributed by atoms with E-state index in [2.05, 4.69) is 51.2 Å². The molecule has 148 valence electrons. The summed E-state index contributed by atoms with van der Waals surface area (Å²) in [6.45, 7) is 1.73. The third kappa shape index (κ3) is 10.7. The third-order valence-corrected chi connectivity index (χ3v) is 5.57. The average Bonchev–Trinajstić information content (AvgIpc) is 2.69. The van der Waals surface area contributed by atoms with Gasteiger partial charge in [0, 0.05) is 17.6 Å². The van der Waals surface area contributed by atoms with Crippen molar-refractivity contribution in [1.29, 1.82) is 0 Å². The number of nitrogens with one attached hydrogen (secondary N) is 1. The van der Waals surface area contributed by atoms with Gasteiger partial charge in [0.15, 0.2) is 0 Å². The largest absolute Gasteiger partial charge is 0.326 e. The quantitative estimate of drug-likeness (QED) is 0.273. The minimum absolute atomic E-state index is 0.301. The molecule has 0 aliphatic carbocycles. The zero-order valence-corrected chi connectivity index (χ0v) is 17.4. The Kier molecular flexibility index (Phi) is 11.4. The minimum Gasteiger partial charge on any atom is -0.326 e. The highest BCUT2D eigenvalue weighted by atomic mass is 32.2. The SMILES string of the molecule is O=[PH](O)OCCCNCc1ccc(SCCCCCc2ccccc2)cn1. The van der Waals surface area contributed by atoms with Crippen LogP contribution >= 0.6 is 20.0 Å². The maximum Gasteiger partial charge on any atom is 0.316 e. The summed E-state index contributed by atoms with van der Waals surface area (Å²) in [4.78, 5) is 14.2. The van der Waals surface area contributed by atoms with E-state index in [1.165, 1.54) is 36.1 Å². The number of aryl methyl sites for hydroxylation is 1. The Labute approximate surface area is 166 Å². The molecule has 0 bridgehead atoms. The summed E-state index contributed by atoms with van der Waals surface area (Å²) in [7, 11) is -2.80. The number of rotatable bonds is 14. The first kappa shape index (κ1) is 22.1. The second-order valence-electron chi connectivity index (χ2n) is 6.27. The van der Waals surface area contributed by atoms with Crippen LogP contribution in [0.5, 0.6) is 0 Å². The summed E-state index contributed by atoms with van der Waals surface area (Å²) in [5.74, 6) is 1.13. The molecule has 5 nitrogen and oxygen atoms in total. The normalized spacial score (nSPS) is 12.2. The van der Waals surface area contributed by atoms with Crippen LogP contribution in [0, 0.1) is 0 Å². The van der Waals surface area contributed by atoms with Gasteiger partial charge in [-0.05, 0) is 55.7 Å². The van der Waals surface area contributed by atoms with Crippen LogP contribution in [0.2, 0.25) is 0 Å².